The van der Waals surface area contributed by atoms with Crippen LogP contribution in [0.1, 0.15) is 58.9 Å². The fraction of sp³-hybridized carbons (Fsp3) is 0.280. The van der Waals surface area contributed by atoms with Crippen molar-refractivity contribution in [3.8, 4) is 11.1 Å². The molecule has 3 rings (SSSR count). The summed E-state index contributed by atoms with van der Waals surface area (Å²) in [5.74, 6) is -0.731. The van der Waals surface area contributed by atoms with E-state index in [0.29, 0.717) is 21.2 Å². The molecule has 4 nitrogen and oxygen atoms in total. The number of anilines is 1. The van der Waals surface area contributed by atoms with Gasteiger partial charge in [-0.3, -0.25) is 4.79 Å². The fourth-order valence-electron chi connectivity index (χ4n) is 3.29. The maximum Gasteiger partial charge on any atom is 0.341 e. The molecule has 0 unspecified atom stereocenters. The highest BCUT2D eigenvalue weighted by Crippen LogP contribution is 2.41. The largest absolute Gasteiger partial charge is 0.462 e. The number of nitrogens with one attached hydrogen (secondary N) is 1. The van der Waals surface area contributed by atoms with Crippen LogP contribution >= 0.6 is 22.9 Å². The number of hydrogen-bond acceptors (Lipinski definition) is 4. The van der Waals surface area contributed by atoms with Gasteiger partial charge in [0.05, 0.1) is 6.61 Å². The maximum absolute atomic E-state index is 12.9. The zero-order valence-electron chi connectivity index (χ0n) is 18.3. The smallest absolute Gasteiger partial charge is 0.341 e. The van der Waals surface area contributed by atoms with E-state index in [1.165, 1.54) is 11.3 Å². The summed E-state index contributed by atoms with van der Waals surface area (Å²) in [6, 6.07) is 14.8. The van der Waals surface area contributed by atoms with Crippen molar-refractivity contribution in [3.63, 3.8) is 0 Å². The van der Waals surface area contributed by atoms with E-state index in [2.05, 4.69) is 26.1 Å². The van der Waals surface area contributed by atoms with E-state index < -0.39 is 5.97 Å². The van der Waals surface area contributed by atoms with Gasteiger partial charge < -0.3 is 10.1 Å². The van der Waals surface area contributed by atoms with Gasteiger partial charge in [0.1, 0.15) is 10.6 Å². The van der Waals surface area contributed by atoms with Crippen LogP contribution in [0.2, 0.25) is 5.02 Å². The number of halogens is 1. The van der Waals surface area contributed by atoms with Crippen LogP contribution in [0.15, 0.2) is 48.5 Å². The molecule has 1 N–H and O–H groups in total. The van der Waals surface area contributed by atoms with Gasteiger partial charge in [0, 0.05) is 21.0 Å². The normalized spacial score (nSPS) is 11.3. The average molecular weight is 456 g/mol. The molecule has 162 valence electrons. The molecule has 1 amide bonds. The number of amides is 1. The minimum Gasteiger partial charge on any atom is -0.462 e. The SMILES string of the molecule is CCOC(=O)c1c(NC(=O)c2ccc(C(C)(C)C)cc2)sc(C)c1-c1ccc(Cl)cc1. The third-order valence-electron chi connectivity index (χ3n) is 4.94. The lowest BCUT2D eigenvalue weighted by Gasteiger charge is -2.19. The van der Waals surface area contributed by atoms with Gasteiger partial charge in [-0.25, -0.2) is 4.79 Å². The molecule has 31 heavy (non-hydrogen) atoms. The molecule has 0 aliphatic rings. The third-order valence-corrected chi connectivity index (χ3v) is 6.21. The Morgan fingerprint density at radius 3 is 2.19 bits per heavy atom. The molecule has 2 aromatic carbocycles. The van der Waals surface area contributed by atoms with Crippen molar-refractivity contribution in [1.82, 2.24) is 0 Å². The number of carbonyl (C=O) groups excluding carboxylic acids is 2. The van der Waals surface area contributed by atoms with Crippen molar-refractivity contribution in [2.24, 2.45) is 0 Å². The first kappa shape index (κ1) is 23.0. The summed E-state index contributed by atoms with van der Waals surface area (Å²) >= 11 is 7.38. The highest BCUT2D eigenvalue weighted by atomic mass is 35.5. The second kappa shape index (κ2) is 9.25. The van der Waals surface area contributed by atoms with E-state index >= 15 is 0 Å². The molecule has 0 saturated carbocycles. The highest BCUT2D eigenvalue weighted by Gasteiger charge is 2.26. The Bertz CT molecular complexity index is 1090. The Morgan fingerprint density at radius 2 is 1.65 bits per heavy atom. The predicted octanol–water partition coefficient (Wildman–Crippen LogP) is 7.10. The number of thiophene rings is 1. The quantitative estimate of drug-likeness (QED) is 0.417. The van der Waals surface area contributed by atoms with Crippen LogP contribution in [0.4, 0.5) is 5.00 Å². The van der Waals surface area contributed by atoms with Gasteiger partial charge in [0.2, 0.25) is 0 Å². The highest BCUT2D eigenvalue weighted by molar-refractivity contribution is 7.17. The van der Waals surface area contributed by atoms with E-state index in [9.17, 15) is 9.59 Å². The van der Waals surface area contributed by atoms with E-state index in [-0.39, 0.29) is 17.9 Å². The number of carbonyl (C=O) groups is 2. The van der Waals surface area contributed by atoms with Crippen molar-refractivity contribution in [2.75, 3.05) is 11.9 Å². The first-order chi connectivity index (χ1) is 14.6. The molecule has 0 fully saturated rings. The monoisotopic (exact) mass is 455 g/mol. The van der Waals surface area contributed by atoms with Crippen LogP contribution in [0, 0.1) is 6.92 Å². The summed E-state index contributed by atoms with van der Waals surface area (Å²) in [6.45, 7) is 10.3. The molecular weight excluding hydrogens is 430 g/mol. The maximum atomic E-state index is 12.9. The summed E-state index contributed by atoms with van der Waals surface area (Å²) < 4.78 is 5.30. The summed E-state index contributed by atoms with van der Waals surface area (Å²) in [4.78, 5) is 26.7. The molecule has 1 heterocycles. The first-order valence-electron chi connectivity index (χ1n) is 10.1. The summed E-state index contributed by atoms with van der Waals surface area (Å²) in [5.41, 5.74) is 3.64. The topological polar surface area (TPSA) is 55.4 Å². The lowest BCUT2D eigenvalue weighted by atomic mass is 9.87. The zero-order chi connectivity index (χ0) is 22.8. The summed E-state index contributed by atoms with van der Waals surface area (Å²) in [7, 11) is 0. The number of rotatable bonds is 5. The van der Waals surface area contributed by atoms with Crippen LogP contribution in [-0.4, -0.2) is 18.5 Å². The Morgan fingerprint density at radius 1 is 1.03 bits per heavy atom. The van der Waals surface area contributed by atoms with Gasteiger partial charge in [-0.1, -0.05) is 56.6 Å². The van der Waals surface area contributed by atoms with Gasteiger partial charge in [0.25, 0.3) is 5.91 Å². The Hall–Kier alpha value is -2.63. The van der Waals surface area contributed by atoms with Crippen molar-refractivity contribution >= 4 is 39.8 Å². The van der Waals surface area contributed by atoms with Crippen molar-refractivity contribution in [1.29, 1.82) is 0 Å². The molecule has 6 heteroatoms. The molecule has 0 aliphatic carbocycles. The predicted molar refractivity (Wildman–Crippen MR) is 129 cm³/mol. The van der Waals surface area contributed by atoms with Crippen molar-refractivity contribution in [2.45, 2.75) is 40.0 Å². The first-order valence-corrected chi connectivity index (χ1v) is 11.3. The molecule has 0 aliphatic heterocycles. The second-order valence-corrected chi connectivity index (χ2v) is 9.91. The van der Waals surface area contributed by atoms with Gasteiger partial charge in [0.15, 0.2) is 0 Å². The van der Waals surface area contributed by atoms with E-state index in [1.54, 1.807) is 31.2 Å². The fourth-order valence-corrected chi connectivity index (χ4v) is 4.48. The van der Waals surface area contributed by atoms with Crippen molar-refractivity contribution < 1.29 is 14.3 Å². The van der Waals surface area contributed by atoms with Crippen LogP contribution in [0.25, 0.3) is 11.1 Å². The minimum absolute atomic E-state index is 0.00440. The Kier molecular flexibility index (Phi) is 6.87. The van der Waals surface area contributed by atoms with E-state index in [0.717, 1.165) is 21.6 Å². The molecule has 0 saturated heterocycles. The van der Waals surface area contributed by atoms with E-state index in [4.69, 9.17) is 16.3 Å². The van der Waals surface area contributed by atoms with Crippen LogP contribution in [-0.2, 0) is 10.2 Å². The summed E-state index contributed by atoms with van der Waals surface area (Å²) in [6.07, 6.45) is 0. The number of hydrogen-bond donors (Lipinski definition) is 1. The molecule has 0 spiro atoms. The second-order valence-electron chi connectivity index (χ2n) is 8.25. The van der Waals surface area contributed by atoms with Crippen LogP contribution in [0.5, 0.6) is 0 Å². The molecular formula is C25H26ClNO3S. The van der Waals surface area contributed by atoms with Crippen LogP contribution in [0.3, 0.4) is 0 Å². The van der Waals surface area contributed by atoms with Crippen LogP contribution < -0.4 is 5.32 Å². The molecule has 0 bridgehead atoms. The van der Waals surface area contributed by atoms with Gasteiger partial charge >= 0.3 is 5.97 Å². The lowest BCUT2D eigenvalue weighted by molar-refractivity contribution is 0.0529. The average Bonchev–Trinajstić information content (AvgIpc) is 3.04. The Balaban J connectivity index is 1.98. The lowest BCUT2D eigenvalue weighted by Crippen LogP contribution is -2.16. The number of esters is 1. The molecule has 0 radical (unpaired) electrons. The zero-order valence-corrected chi connectivity index (χ0v) is 19.9. The number of benzene rings is 2. The van der Waals surface area contributed by atoms with Crippen molar-refractivity contribution in [3.05, 3.63) is 75.1 Å². The van der Waals surface area contributed by atoms with E-state index in [1.807, 2.05) is 31.2 Å². The number of ether oxygens (including phenoxy) is 1. The summed E-state index contributed by atoms with van der Waals surface area (Å²) in [5, 5.41) is 4.01. The van der Waals surface area contributed by atoms with Gasteiger partial charge in [-0.05, 0) is 54.7 Å². The van der Waals surface area contributed by atoms with Gasteiger partial charge in [-0.15, -0.1) is 11.3 Å². The third kappa shape index (κ3) is 5.17. The Labute approximate surface area is 192 Å². The molecule has 1 aromatic heterocycles. The molecule has 0 atom stereocenters. The number of aryl methyl sites for hydroxylation is 1. The standard InChI is InChI=1S/C25H26ClNO3S/c1-6-30-24(29)21-20(16-9-13-19(26)14-10-16)15(2)31-23(21)27-22(28)17-7-11-18(12-8-17)25(3,4)5/h7-14H,6H2,1-5H3,(H,27,28). The minimum atomic E-state index is -0.463. The van der Waals surface area contributed by atoms with Gasteiger partial charge in [-0.2, -0.15) is 0 Å². The molecule has 3 aromatic rings.